The molecule has 0 aliphatic heterocycles. The fourth-order valence-electron chi connectivity index (χ4n) is 2.18. The third-order valence-electron chi connectivity index (χ3n) is 3.18. The van der Waals surface area contributed by atoms with Crippen LogP contribution in [-0.4, -0.2) is 49.1 Å². The molecule has 116 valence electrons. The summed E-state index contributed by atoms with van der Waals surface area (Å²) < 4.78 is 40.3. The van der Waals surface area contributed by atoms with Gasteiger partial charge in [-0.1, -0.05) is 11.6 Å². The molecule has 2 rings (SSSR count). The monoisotopic (exact) mass is 357 g/mol. The molecule has 1 aromatic carbocycles. The van der Waals surface area contributed by atoms with Crippen molar-refractivity contribution in [3.05, 3.63) is 39.5 Å². The van der Waals surface area contributed by atoms with Gasteiger partial charge in [-0.05, 0) is 43.9 Å². The van der Waals surface area contributed by atoms with E-state index in [4.69, 9.17) is 16.7 Å². The van der Waals surface area contributed by atoms with E-state index in [2.05, 4.69) is 4.72 Å². The number of aliphatic carboxylic acids is 1. The number of allylic oxidation sites excluding steroid dienone is 1. The summed E-state index contributed by atoms with van der Waals surface area (Å²) in [5.74, 6) is -2.08. The van der Waals surface area contributed by atoms with Gasteiger partial charge in [0.15, 0.2) is 0 Å². The first kappa shape index (κ1) is 19.4. The Morgan fingerprint density at radius 1 is 1.27 bits per heavy atom. The molecule has 1 aliphatic carbocycles. The summed E-state index contributed by atoms with van der Waals surface area (Å²) in [5.41, 5.74) is -0.398. The van der Waals surface area contributed by atoms with Crippen molar-refractivity contribution in [1.29, 1.82) is 0 Å². The van der Waals surface area contributed by atoms with Crippen LogP contribution in [0.5, 0.6) is 0 Å². The van der Waals surface area contributed by atoms with Crippen molar-refractivity contribution in [2.24, 2.45) is 0 Å². The Hall–Kier alpha value is -0.600. The number of halogens is 2. The van der Waals surface area contributed by atoms with Gasteiger partial charge in [-0.15, -0.1) is 0 Å². The fraction of sp³-hybridized carbons (Fsp3) is 0.308. The van der Waals surface area contributed by atoms with Crippen molar-refractivity contribution in [3.63, 3.8) is 0 Å². The fourth-order valence-corrected chi connectivity index (χ4v) is 3.84. The molecule has 0 atom stereocenters. The number of rotatable bonds is 4. The first-order chi connectivity index (χ1) is 9.81. The number of hydrogen-bond donors (Lipinski definition) is 2. The molecule has 2 N–H and O–H groups in total. The maximum absolute atomic E-state index is 13.7. The molecule has 1 aliphatic rings. The summed E-state index contributed by atoms with van der Waals surface area (Å²) >= 11 is 5.60. The zero-order valence-corrected chi connectivity index (χ0v) is 12.5. The van der Waals surface area contributed by atoms with Crippen LogP contribution in [-0.2, 0) is 14.8 Å². The van der Waals surface area contributed by atoms with E-state index in [1.165, 1.54) is 12.1 Å². The summed E-state index contributed by atoms with van der Waals surface area (Å²) in [5, 5.41) is 9.22. The Bertz CT molecular complexity index is 721. The number of benzene rings is 1. The Kier molecular flexibility index (Phi) is 6.88. The average molecular weight is 358 g/mol. The predicted molar refractivity (Wildman–Crippen MR) is 84.2 cm³/mol. The normalized spacial score (nSPS) is 15.2. The van der Waals surface area contributed by atoms with E-state index in [9.17, 15) is 17.6 Å². The second-order valence-electron chi connectivity index (χ2n) is 4.64. The molecule has 0 heterocycles. The van der Waals surface area contributed by atoms with Crippen LogP contribution < -0.4 is 4.72 Å². The van der Waals surface area contributed by atoms with Crippen LogP contribution in [0.25, 0.3) is 0 Å². The van der Waals surface area contributed by atoms with Gasteiger partial charge in [0.1, 0.15) is 5.82 Å². The van der Waals surface area contributed by atoms with Crippen molar-refractivity contribution in [1.82, 2.24) is 0 Å². The van der Waals surface area contributed by atoms with E-state index in [0.29, 0.717) is 12.8 Å². The molecule has 9 heteroatoms. The Morgan fingerprint density at radius 2 is 1.91 bits per heavy atom. The molecule has 0 aromatic heterocycles. The van der Waals surface area contributed by atoms with Crippen LogP contribution in [0.3, 0.4) is 0 Å². The third kappa shape index (κ3) is 4.45. The first-order valence-electron chi connectivity index (χ1n) is 6.24. The molecule has 22 heavy (non-hydrogen) atoms. The molecule has 0 fully saturated rings. The topological polar surface area (TPSA) is 83.5 Å². The summed E-state index contributed by atoms with van der Waals surface area (Å²) in [7, 11) is -4.10. The minimum atomic E-state index is -4.10. The van der Waals surface area contributed by atoms with Crippen molar-refractivity contribution >= 4 is 62.8 Å². The van der Waals surface area contributed by atoms with Gasteiger partial charge in [0.25, 0.3) is 10.0 Å². The molecule has 0 unspecified atom stereocenters. The molecular weight excluding hydrogens is 344 g/mol. The molecule has 0 radical (unpaired) electrons. The second kappa shape index (κ2) is 7.79. The van der Waals surface area contributed by atoms with Crippen LogP contribution in [0.1, 0.15) is 25.7 Å². The second-order valence-corrected chi connectivity index (χ2v) is 6.78. The Labute approximate surface area is 154 Å². The van der Waals surface area contributed by atoms with Crippen LogP contribution in [0.15, 0.2) is 28.7 Å². The Morgan fingerprint density at radius 3 is 2.50 bits per heavy atom. The molecule has 0 bridgehead atoms. The van der Waals surface area contributed by atoms with Crippen LogP contribution in [0, 0.1) is 5.82 Å². The van der Waals surface area contributed by atoms with E-state index in [1.807, 2.05) is 0 Å². The first-order valence-corrected chi connectivity index (χ1v) is 8.10. The number of nitrogens with one attached hydrogen (secondary N) is 1. The van der Waals surface area contributed by atoms with Gasteiger partial charge < -0.3 is 5.11 Å². The van der Waals surface area contributed by atoms with E-state index in [-0.39, 0.29) is 63.6 Å². The number of carboxylic acid groups (broad SMARTS) is 1. The predicted octanol–water partition coefficient (Wildman–Crippen LogP) is 2.49. The molecular formula is C13H14ClFNNaO4S. The zero-order valence-electron chi connectivity index (χ0n) is 10.9. The zero-order chi connectivity index (χ0) is 15.6. The van der Waals surface area contributed by atoms with Crippen molar-refractivity contribution in [2.45, 2.75) is 25.7 Å². The van der Waals surface area contributed by atoms with Crippen molar-refractivity contribution in [3.8, 4) is 0 Å². The third-order valence-corrected chi connectivity index (χ3v) is 5.00. The van der Waals surface area contributed by atoms with Gasteiger partial charge in [0.2, 0.25) is 0 Å². The van der Waals surface area contributed by atoms with Gasteiger partial charge in [-0.2, -0.15) is 0 Å². The van der Waals surface area contributed by atoms with E-state index >= 15 is 0 Å². The summed E-state index contributed by atoms with van der Waals surface area (Å²) in [4.78, 5) is 10.9. The molecule has 0 amide bonds. The summed E-state index contributed by atoms with van der Waals surface area (Å²) in [6.07, 6.45) is 1.52. The van der Waals surface area contributed by atoms with Crippen LogP contribution in [0.4, 0.5) is 10.1 Å². The number of carboxylic acids is 1. The molecule has 0 saturated heterocycles. The summed E-state index contributed by atoms with van der Waals surface area (Å²) in [6, 6.07) is 3.52. The molecule has 5 nitrogen and oxygen atoms in total. The Balaban J connectivity index is 0.00000242. The van der Waals surface area contributed by atoms with Crippen LogP contribution in [0.2, 0.25) is 5.02 Å². The van der Waals surface area contributed by atoms with E-state index in [0.717, 1.165) is 6.07 Å². The van der Waals surface area contributed by atoms with Gasteiger partial charge in [-0.3, -0.25) is 4.72 Å². The van der Waals surface area contributed by atoms with Gasteiger partial charge in [0, 0.05) is 5.02 Å². The van der Waals surface area contributed by atoms with Gasteiger partial charge in [0.05, 0.1) is 16.2 Å². The number of anilines is 1. The maximum atomic E-state index is 13.7. The average Bonchev–Trinajstić information content (AvgIpc) is 2.42. The molecule has 0 spiro atoms. The molecule has 0 saturated carbocycles. The quantitative estimate of drug-likeness (QED) is 0.811. The van der Waals surface area contributed by atoms with Gasteiger partial charge >= 0.3 is 35.5 Å². The number of hydrogen-bond acceptors (Lipinski definition) is 3. The number of sulfonamides is 1. The van der Waals surface area contributed by atoms with Gasteiger partial charge in [-0.25, -0.2) is 17.6 Å². The SMILES string of the molecule is O=C(O)C1=C(S(=O)(=O)Nc2ccc(Cl)cc2F)CCCC1.[NaH]. The molecule has 1 aromatic rings. The van der Waals surface area contributed by atoms with E-state index < -0.39 is 21.8 Å². The number of carbonyl (C=O) groups is 1. The standard InChI is InChI=1S/C13H13ClFNO4S.Na.H/c14-8-5-6-11(10(15)7-8)16-21(19,20)12-4-2-1-3-9(12)13(17)18;;/h5-7,16H,1-4H2,(H,17,18);;. The van der Waals surface area contributed by atoms with Crippen molar-refractivity contribution < 1.29 is 22.7 Å². The van der Waals surface area contributed by atoms with Crippen LogP contribution >= 0.6 is 11.6 Å². The summed E-state index contributed by atoms with van der Waals surface area (Å²) in [6.45, 7) is 0. The van der Waals surface area contributed by atoms with E-state index in [1.54, 1.807) is 0 Å². The van der Waals surface area contributed by atoms with Crippen molar-refractivity contribution in [2.75, 3.05) is 4.72 Å². The minimum absolute atomic E-state index is 0.